The maximum Gasteiger partial charge on any atom is 0.0935 e. The fraction of sp³-hybridized carbons (Fsp3) is 0.842. The summed E-state index contributed by atoms with van der Waals surface area (Å²) in [5, 5.41) is 1.46. The van der Waals surface area contributed by atoms with Crippen molar-refractivity contribution in [2.75, 3.05) is 18.5 Å². The summed E-state index contributed by atoms with van der Waals surface area (Å²) in [5.74, 6) is 0. The lowest BCUT2D eigenvalue weighted by Gasteiger charge is -2.43. The van der Waals surface area contributed by atoms with E-state index in [9.17, 15) is 4.57 Å². The second-order valence-electron chi connectivity index (χ2n) is 14.1. The summed E-state index contributed by atoms with van der Waals surface area (Å²) < 4.78 is 13.5. The van der Waals surface area contributed by atoms with E-state index >= 15 is 0 Å². The van der Waals surface area contributed by atoms with Gasteiger partial charge < -0.3 is 4.57 Å². The molecule has 0 N–H and O–H groups in total. The van der Waals surface area contributed by atoms with Crippen LogP contribution in [0, 0.1) is 0 Å². The number of benzene rings is 1. The molecule has 242 valence electrons. The van der Waals surface area contributed by atoms with Crippen molar-refractivity contribution in [2.45, 2.75) is 185 Å². The number of unbranched alkanes of at least 4 members (excludes halogenated alkanes) is 17. The van der Waals surface area contributed by atoms with Crippen LogP contribution in [0.15, 0.2) is 30.3 Å². The smallest absolute Gasteiger partial charge is 0.0935 e. The zero-order valence-corrected chi connectivity index (χ0v) is 30.4. The molecule has 2 bridgehead atoms. The molecule has 42 heavy (non-hydrogen) atoms. The lowest BCUT2D eigenvalue weighted by atomic mass is 9.99. The minimum Gasteiger partial charge on any atom is -0.323 e. The predicted molar refractivity (Wildman–Crippen MR) is 196 cm³/mol. The van der Waals surface area contributed by atoms with Crippen LogP contribution in [0.1, 0.15) is 174 Å². The second-order valence-corrected chi connectivity index (χ2v) is 23.0. The zero-order chi connectivity index (χ0) is 29.8. The lowest BCUT2D eigenvalue weighted by Crippen LogP contribution is -2.30. The van der Waals surface area contributed by atoms with Gasteiger partial charge in [0.05, 0.1) is 7.14 Å². The number of hydrogen-bond donors (Lipinski definition) is 0. The molecule has 1 aromatic carbocycles. The molecule has 0 aromatic heterocycles. The normalized spacial score (nSPS) is 24.7. The SMILES string of the molecule is CCCCCCCCCCCCCCCCCCCCP1(=O)C2CCCC1CCC2.S=P1(c2ccccc2)CCCC1. The fourth-order valence-electron chi connectivity index (χ4n) is 8.07. The second kappa shape index (κ2) is 21.8. The van der Waals surface area contributed by atoms with Gasteiger partial charge in [0.25, 0.3) is 0 Å². The Labute approximate surface area is 268 Å². The van der Waals surface area contributed by atoms with Crippen LogP contribution >= 0.6 is 13.2 Å². The molecule has 4 heteroatoms. The maximum atomic E-state index is 13.5. The van der Waals surface area contributed by atoms with E-state index in [1.165, 1.54) is 185 Å². The first-order chi connectivity index (χ1) is 20.6. The maximum absolute atomic E-state index is 13.5. The number of fused-ring (bicyclic) bond motifs is 2. The topological polar surface area (TPSA) is 17.1 Å². The van der Waals surface area contributed by atoms with Gasteiger partial charge in [-0.2, -0.15) is 0 Å². The van der Waals surface area contributed by atoms with Gasteiger partial charge in [0.2, 0.25) is 0 Å². The molecule has 3 aliphatic heterocycles. The molecule has 0 aliphatic carbocycles. The molecule has 0 saturated carbocycles. The first-order valence-corrected chi connectivity index (χ1v) is 24.0. The first-order valence-electron chi connectivity index (χ1n) is 18.8. The van der Waals surface area contributed by atoms with Crippen molar-refractivity contribution in [1.82, 2.24) is 0 Å². The van der Waals surface area contributed by atoms with Gasteiger partial charge in [0, 0.05) is 17.5 Å². The molecular formula is C38H68OP2S. The van der Waals surface area contributed by atoms with Crippen molar-refractivity contribution in [3.8, 4) is 0 Å². The van der Waals surface area contributed by atoms with E-state index in [1.807, 2.05) is 0 Å². The minimum atomic E-state index is -1.82. The quantitative estimate of drug-likeness (QED) is 0.105. The fourth-order valence-corrected chi connectivity index (χ4v) is 16.7. The summed E-state index contributed by atoms with van der Waals surface area (Å²) in [7, 11) is -1.82. The van der Waals surface area contributed by atoms with Crippen LogP contribution in [-0.4, -0.2) is 29.8 Å². The van der Waals surface area contributed by atoms with Gasteiger partial charge in [-0.05, 0) is 68.6 Å². The van der Waals surface area contributed by atoms with Gasteiger partial charge >= 0.3 is 0 Å². The highest BCUT2D eigenvalue weighted by molar-refractivity contribution is 8.18. The van der Waals surface area contributed by atoms with Crippen molar-refractivity contribution in [3.05, 3.63) is 30.3 Å². The third kappa shape index (κ3) is 13.2. The Morgan fingerprint density at radius 3 is 1.36 bits per heavy atom. The minimum absolute atomic E-state index is 0.635. The first kappa shape index (κ1) is 36.6. The Balaban J connectivity index is 0.000000332. The average molecular weight is 635 g/mol. The molecule has 0 amide bonds. The Morgan fingerprint density at radius 2 is 0.952 bits per heavy atom. The lowest BCUT2D eigenvalue weighted by molar-refractivity contribution is 0.427. The molecular weight excluding hydrogens is 566 g/mol. The van der Waals surface area contributed by atoms with E-state index < -0.39 is 13.2 Å². The number of hydrogen-bond acceptors (Lipinski definition) is 2. The summed E-state index contributed by atoms with van der Waals surface area (Å²) in [4.78, 5) is 0. The van der Waals surface area contributed by atoms with Gasteiger partial charge in [-0.3, -0.25) is 0 Å². The van der Waals surface area contributed by atoms with Crippen LogP contribution in [0.3, 0.4) is 0 Å². The molecule has 0 radical (unpaired) electrons. The summed E-state index contributed by atoms with van der Waals surface area (Å²) >= 11 is 5.74. The monoisotopic (exact) mass is 634 g/mol. The molecule has 0 atom stereocenters. The highest BCUT2D eigenvalue weighted by Crippen LogP contribution is 2.66. The van der Waals surface area contributed by atoms with Crippen molar-refractivity contribution in [1.29, 1.82) is 0 Å². The van der Waals surface area contributed by atoms with Gasteiger partial charge in [0.1, 0.15) is 0 Å². The zero-order valence-electron chi connectivity index (χ0n) is 27.8. The van der Waals surface area contributed by atoms with Crippen molar-refractivity contribution < 1.29 is 4.57 Å². The van der Waals surface area contributed by atoms with Crippen LogP contribution in [0.2, 0.25) is 0 Å². The van der Waals surface area contributed by atoms with E-state index in [0.29, 0.717) is 11.3 Å². The molecule has 1 nitrogen and oxygen atoms in total. The summed E-state index contributed by atoms with van der Waals surface area (Å²) in [6.07, 6.45) is 40.0. The number of rotatable bonds is 20. The Kier molecular flexibility index (Phi) is 19.0. The third-order valence-corrected chi connectivity index (χ3v) is 20.3. The van der Waals surface area contributed by atoms with E-state index in [-0.39, 0.29) is 0 Å². The molecule has 3 fully saturated rings. The molecule has 3 heterocycles. The van der Waals surface area contributed by atoms with E-state index in [4.69, 9.17) is 11.8 Å². The largest absolute Gasteiger partial charge is 0.323 e. The highest BCUT2D eigenvalue weighted by atomic mass is 32.4. The third-order valence-electron chi connectivity index (χ3n) is 10.8. The van der Waals surface area contributed by atoms with Crippen molar-refractivity contribution >= 4 is 30.3 Å². The van der Waals surface area contributed by atoms with Gasteiger partial charge in [-0.25, -0.2) is 0 Å². The van der Waals surface area contributed by atoms with Crippen LogP contribution in [0.25, 0.3) is 0 Å². The molecule has 0 spiro atoms. The van der Waals surface area contributed by atoms with E-state index in [1.54, 1.807) is 0 Å². The van der Waals surface area contributed by atoms with Gasteiger partial charge in [0.15, 0.2) is 0 Å². The Hall–Kier alpha value is 0.1000. The molecule has 3 saturated heterocycles. The summed E-state index contributed by atoms with van der Waals surface area (Å²) in [6.45, 7) is 2.30. The summed E-state index contributed by atoms with van der Waals surface area (Å²) in [6, 6.07) is 9.64. The van der Waals surface area contributed by atoms with Crippen LogP contribution < -0.4 is 5.30 Å². The summed E-state index contributed by atoms with van der Waals surface area (Å²) in [5.41, 5.74) is 1.27. The van der Waals surface area contributed by atoms with Gasteiger partial charge in [-0.1, -0.05) is 171 Å². The molecule has 0 unspecified atom stereocenters. The van der Waals surface area contributed by atoms with Crippen molar-refractivity contribution in [2.24, 2.45) is 0 Å². The van der Waals surface area contributed by atoms with E-state index in [2.05, 4.69) is 37.3 Å². The molecule has 4 rings (SSSR count). The highest BCUT2D eigenvalue weighted by Gasteiger charge is 2.44. The Bertz CT molecular complexity index is 864. The molecule has 1 aromatic rings. The predicted octanol–water partition coefficient (Wildman–Crippen LogP) is 13.1. The van der Waals surface area contributed by atoms with Crippen molar-refractivity contribution in [3.63, 3.8) is 0 Å². The molecule has 3 aliphatic rings. The standard InChI is InChI=1S/C28H55OP.C10H13PS/c1-2-3-4-5-6-7-8-9-10-11-12-13-14-15-16-17-18-19-26-30(29)27-22-20-23-28(30)25-21-24-27;12-11(8-4-5-9-11)10-6-2-1-3-7-10/h27-28H,2-26H2,1H3;1-3,6-7H,4-5,8-9H2. The van der Waals surface area contributed by atoms with Gasteiger partial charge in [-0.15, -0.1) is 0 Å². The average Bonchev–Trinajstić information content (AvgIpc) is 3.45. The van der Waals surface area contributed by atoms with Crippen LogP contribution in [0.5, 0.6) is 0 Å². The van der Waals surface area contributed by atoms with E-state index in [0.717, 1.165) is 6.16 Å². The van der Waals surface area contributed by atoms with Crippen LogP contribution in [-0.2, 0) is 16.4 Å². The Morgan fingerprint density at radius 1 is 0.571 bits per heavy atom. The van der Waals surface area contributed by atoms with Crippen LogP contribution in [0.4, 0.5) is 0 Å².